The molecule has 0 unspecified atom stereocenters. The van der Waals surface area contributed by atoms with E-state index in [-0.39, 0.29) is 6.42 Å². The molecule has 0 aliphatic carbocycles. The molecule has 0 bridgehead atoms. The number of aryl methyl sites for hydroxylation is 1. The Morgan fingerprint density at radius 3 is 1.86 bits per heavy atom. The van der Waals surface area contributed by atoms with Crippen LogP contribution < -0.4 is 0 Å². The first-order valence-electron chi connectivity index (χ1n) is 6.82. The molecule has 0 aromatic heterocycles. The zero-order chi connectivity index (χ0) is 17.0. The van der Waals surface area contributed by atoms with Crippen molar-refractivity contribution in [3.05, 3.63) is 47.0 Å². The largest absolute Gasteiger partial charge is 0.341 e. The van der Waals surface area contributed by atoms with Crippen LogP contribution in [0.4, 0.5) is 0 Å². The van der Waals surface area contributed by atoms with Crippen LogP contribution in [0.1, 0.15) is 31.4 Å². The Labute approximate surface area is 130 Å². The highest BCUT2D eigenvalue weighted by atomic mass is 31.2. The number of allylic oxidation sites excluding steroid dienone is 2. The molecule has 124 valence electrons. The van der Waals surface area contributed by atoms with E-state index in [1.807, 2.05) is 26.0 Å². The van der Waals surface area contributed by atoms with E-state index in [4.69, 9.17) is 19.6 Å². The average Bonchev–Trinajstić information content (AvgIpc) is 2.34. The molecule has 0 amide bonds. The van der Waals surface area contributed by atoms with Crippen molar-refractivity contribution in [2.24, 2.45) is 0 Å². The van der Waals surface area contributed by atoms with Gasteiger partial charge in [-0.1, -0.05) is 35.9 Å². The lowest BCUT2D eigenvalue weighted by atomic mass is 10.1. The van der Waals surface area contributed by atoms with Crippen LogP contribution in [0, 0.1) is 0 Å². The van der Waals surface area contributed by atoms with Crippen LogP contribution in [0.2, 0.25) is 0 Å². The highest BCUT2D eigenvalue weighted by Crippen LogP contribution is 2.60. The minimum Gasteiger partial charge on any atom is -0.324 e. The van der Waals surface area contributed by atoms with Crippen LogP contribution in [-0.4, -0.2) is 25.0 Å². The van der Waals surface area contributed by atoms with Crippen LogP contribution >= 0.6 is 15.2 Å². The molecule has 0 fully saturated rings. The van der Waals surface area contributed by atoms with Gasteiger partial charge in [-0.2, -0.15) is 0 Å². The Morgan fingerprint density at radius 2 is 1.45 bits per heavy atom. The normalized spacial score (nSPS) is 12.5. The van der Waals surface area contributed by atoms with Crippen molar-refractivity contribution in [3.63, 3.8) is 0 Å². The van der Waals surface area contributed by atoms with Gasteiger partial charge in [-0.15, -0.1) is 0 Å². The minimum atomic E-state index is -4.87. The summed E-state index contributed by atoms with van der Waals surface area (Å²) >= 11 is 0. The van der Waals surface area contributed by atoms with Crippen LogP contribution in [0.5, 0.6) is 0 Å². The Bertz CT molecular complexity index is 585. The summed E-state index contributed by atoms with van der Waals surface area (Å²) in [5.41, 5.74) is 2.79. The lowest BCUT2D eigenvalue weighted by molar-refractivity contribution is 0.338. The summed E-state index contributed by atoms with van der Waals surface area (Å²) in [6, 6.07) is 6.92. The van der Waals surface area contributed by atoms with Gasteiger partial charge in [0.15, 0.2) is 5.40 Å². The average molecular weight is 348 g/mol. The predicted octanol–water partition coefficient (Wildman–Crippen LogP) is 2.81. The highest BCUT2D eigenvalue weighted by molar-refractivity contribution is 7.70. The SMILES string of the molecule is CC(C)=CCCc1ccc(CC(P(=O)(O)O)P(=O)(O)O)cc1. The molecule has 0 spiro atoms. The van der Waals surface area contributed by atoms with Crippen molar-refractivity contribution in [3.8, 4) is 0 Å². The first-order valence-corrected chi connectivity index (χ1v) is 10.2. The lowest BCUT2D eigenvalue weighted by Gasteiger charge is -2.19. The second-order valence-electron chi connectivity index (χ2n) is 5.50. The smallest absolute Gasteiger partial charge is 0.324 e. The summed E-state index contributed by atoms with van der Waals surface area (Å²) in [5, 5.41) is -1.99. The molecule has 1 aromatic rings. The Balaban J connectivity index is 2.80. The van der Waals surface area contributed by atoms with Gasteiger partial charge in [0.1, 0.15) is 0 Å². The van der Waals surface area contributed by atoms with Crippen LogP contribution in [-0.2, 0) is 22.0 Å². The van der Waals surface area contributed by atoms with Crippen LogP contribution in [0.3, 0.4) is 0 Å². The van der Waals surface area contributed by atoms with Crippen LogP contribution in [0.25, 0.3) is 0 Å². The van der Waals surface area contributed by atoms with E-state index in [0.29, 0.717) is 5.56 Å². The second-order valence-corrected chi connectivity index (χ2v) is 9.51. The fraction of sp³-hybridized carbons (Fsp3) is 0.429. The highest BCUT2D eigenvalue weighted by Gasteiger charge is 2.43. The molecular weight excluding hydrogens is 326 g/mol. The lowest BCUT2D eigenvalue weighted by Crippen LogP contribution is -2.12. The van der Waals surface area contributed by atoms with Crippen LogP contribution in [0.15, 0.2) is 35.9 Å². The first kappa shape index (κ1) is 19.3. The Kier molecular flexibility index (Phi) is 6.75. The van der Waals surface area contributed by atoms with Gasteiger partial charge in [0.05, 0.1) is 0 Å². The summed E-state index contributed by atoms with van der Waals surface area (Å²) in [6.07, 6.45) is 3.50. The van der Waals surface area contributed by atoms with Gasteiger partial charge in [0.25, 0.3) is 0 Å². The van der Waals surface area contributed by atoms with E-state index < -0.39 is 20.6 Å². The molecule has 0 saturated carbocycles. The van der Waals surface area contributed by atoms with Crippen molar-refractivity contribution >= 4 is 15.2 Å². The third kappa shape index (κ3) is 6.57. The number of hydrogen-bond donors (Lipinski definition) is 4. The summed E-state index contributed by atoms with van der Waals surface area (Å²) in [7, 11) is -9.75. The molecule has 8 heteroatoms. The van der Waals surface area contributed by atoms with Crippen molar-refractivity contribution in [2.75, 3.05) is 0 Å². The summed E-state index contributed by atoms with van der Waals surface area (Å²) in [5.74, 6) is 0. The molecule has 22 heavy (non-hydrogen) atoms. The van der Waals surface area contributed by atoms with E-state index in [1.54, 1.807) is 12.1 Å². The van der Waals surface area contributed by atoms with Crippen molar-refractivity contribution in [1.29, 1.82) is 0 Å². The predicted molar refractivity (Wildman–Crippen MR) is 85.8 cm³/mol. The maximum absolute atomic E-state index is 11.3. The molecule has 4 N–H and O–H groups in total. The van der Waals surface area contributed by atoms with E-state index in [2.05, 4.69) is 6.08 Å². The molecule has 0 aliphatic rings. The molecule has 6 nitrogen and oxygen atoms in total. The molecule has 0 atom stereocenters. The molecule has 1 rings (SSSR count). The van der Waals surface area contributed by atoms with Gasteiger partial charge in [-0.25, -0.2) is 0 Å². The van der Waals surface area contributed by atoms with E-state index >= 15 is 0 Å². The van der Waals surface area contributed by atoms with Gasteiger partial charge < -0.3 is 19.6 Å². The minimum absolute atomic E-state index is 0.358. The summed E-state index contributed by atoms with van der Waals surface area (Å²) in [4.78, 5) is 36.4. The molecule has 1 aromatic carbocycles. The third-order valence-corrected chi connectivity index (χ3v) is 6.93. The standard InChI is InChI=1S/C14H22O6P2/c1-11(2)4-3-5-12-6-8-13(9-7-12)10-14(21(15,16)17)22(18,19)20/h4,6-9,14H,3,5,10H2,1-2H3,(H2,15,16,17)(H2,18,19,20). The van der Waals surface area contributed by atoms with Gasteiger partial charge in [-0.05, 0) is 44.2 Å². The van der Waals surface area contributed by atoms with E-state index in [1.165, 1.54) is 5.57 Å². The monoisotopic (exact) mass is 348 g/mol. The van der Waals surface area contributed by atoms with E-state index in [0.717, 1.165) is 18.4 Å². The number of hydrogen-bond acceptors (Lipinski definition) is 2. The molecule has 0 saturated heterocycles. The quantitative estimate of drug-likeness (QED) is 0.445. The fourth-order valence-corrected chi connectivity index (χ4v) is 4.48. The van der Waals surface area contributed by atoms with Crippen molar-refractivity contribution in [2.45, 2.75) is 38.5 Å². The van der Waals surface area contributed by atoms with Gasteiger partial charge >= 0.3 is 15.2 Å². The summed E-state index contributed by atoms with van der Waals surface area (Å²) in [6.45, 7) is 4.04. The Morgan fingerprint density at radius 1 is 1.00 bits per heavy atom. The molecular formula is C14H22O6P2. The van der Waals surface area contributed by atoms with E-state index in [9.17, 15) is 9.13 Å². The molecule has 0 radical (unpaired) electrons. The Hall–Kier alpha value is -0.740. The van der Waals surface area contributed by atoms with Gasteiger partial charge in [0.2, 0.25) is 0 Å². The van der Waals surface area contributed by atoms with Gasteiger partial charge in [0, 0.05) is 0 Å². The molecule has 0 aliphatic heterocycles. The zero-order valence-corrected chi connectivity index (χ0v) is 14.4. The fourth-order valence-electron chi connectivity index (χ4n) is 2.01. The van der Waals surface area contributed by atoms with Crippen molar-refractivity contribution < 1.29 is 28.7 Å². The second kappa shape index (κ2) is 7.69. The van der Waals surface area contributed by atoms with Gasteiger partial charge in [-0.3, -0.25) is 9.13 Å². The third-order valence-electron chi connectivity index (χ3n) is 3.20. The first-order chi connectivity index (χ1) is 10.00. The zero-order valence-electron chi connectivity index (χ0n) is 12.6. The number of benzene rings is 1. The topological polar surface area (TPSA) is 115 Å². The number of rotatable bonds is 7. The maximum Gasteiger partial charge on any atom is 0.341 e. The van der Waals surface area contributed by atoms with Crippen molar-refractivity contribution in [1.82, 2.24) is 0 Å². The maximum atomic E-state index is 11.3. The molecule has 0 heterocycles. The summed E-state index contributed by atoms with van der Waals surface area (Å²) < 4.78 is 22.5.